The predicted molar refractivity (Wildman–Crippen MR) is 107 cm³/mol. The molecule has 0 bridgehead atoms. The number of halogens is 1. The number of pyridine rings is 1. The molecule has 0 aliphatic carbocycles. The lowest BCUT2D eigenvalue weighted by atomic mass is 10.1. The number of anilines is 1. The third kappa shape index (κ3) is 3.71. The molecular weight excluding hydrogens is 366 g/mol. The van der Waals surface area contributed by atoms with Gasteiger partial charge >= 0.3 is 0 Å². The fourth-order valence-corrected chi connectivity index (χ4v) is 3.34. The van der Waals surface area contributed by atoms with Crippen LogP contribution in [0.5, 0.6) is 0 Å². The van der Waals surface area contributed by atoms with Gasteiger partial charge in [0.05, 0.1) is 5.52 Å². The number of hydrogen-bond acceptors (Lipinski definition) is 4. The van der Waals surface area contributed by atoms with E-state index < -0.39 is 0 Å². The summed E-state index contributed by atoms with van der Waals surface area (Å²) in [4.78, 5) is 25.4. The molecule has 2 heterocycles. The van der Waals surface area contributed by atoms with Crippen molar-refractivity contribution in [1.29, 1.82) is 0 Å². The highest BCUT2D eigenvalue weighted by Gasteiger charge is 2.16. The molecule has 6 nitrogen and oxygen atoms in total. The summed E-state index contributed by atoms with van der Waals surface area (Å²) in [6, 6.07) is 7.09. The molecule has 2 aromatic heterocycles. The van der Waals surface area contributed by atoms with Crippen LogP contribution in [0.25, 0.3) is 5.52 Å². The summed E-state index contributed by atoms with van der Waals surface area (Å²) >= 11 is 6.15. The summed E-state index contributed by atoms with van der Waals surface area (Å²) < 4.78 is 6.68. The molecule has 1 amide bonds. The van der Waals surface area contributed by atoms with Crippen molar-refractivity contribution in [3.8, 4) is 0 Å². The molecule has 0 atom stereocenters. The Morgan fingerprint density at radius 1 is 1.19 bits per heavy atom. The van der Waals surface area contributed by atoms with E-state index in [1.54, 1.807) is 25.1 Å². The van der Waals surface area contributed by atoms with Crippen LogP contribution in [0.3, 0.4) is 0 Å². The number of rotatable bonds is 5. The molecule has 1 aromatic carbocycles. The van der Waals surface area contributed by atoms with Crippen LogP contribution in [0, 0.1) is 20.8 Å². The topological polar surface area (TPSA) is 75.8 Å². The van der Waals surface area contributed by atoms with Crippen molar-refractivity contribution in [2.75, 3.05) is 11.9 Å². The van der Waals surface area contributed by atoms with Crippen LogP contribution >= 0.6 is 11.6 Å². The van der Waals surface area contributed by atoms with Crippen LogP contribution in [0.4, 0.5) is 5.69 Å². The Morgan fingerprint density at radius 3 is 2.63 bits per heavy atom. The smallest absolute Gasteiger partial charge is 0.289 e. The van der Waals surface area contributed by atoms with E-state index in [9.17, 15) is 9.59 Å². The minimum absolute atomic E-state index is 0.106. The first-order valence-corrected chi connectivity index (χ1v) is 9.14. The van der Waals surface area contributed by atoms with E-state index in [0.29, 0.717) is 27.4 Å². The number of carbonyl (C=O) groups excluding carboxylic acids is 1. The number of benzene rings is 1. The van der Waals surface area contributed by atoms with E-state index in [1.807, 2.05) is 26.8 Å². The summed E-state index contributed by atoms with van der Waals surface area (Å²) in [5, 5.41) is 6.50. The largest absolute Gasteiger partial charge is 0.385 e. The van der Waals surface area contributed by atoms with Crippen molar-refractivity contribution in [3.05, 3.63) is 67.7 Å². The van der Waals surface area contributed by atoms with Crippen LogP contribution in [0.2, 0.25) is 5.02 Å². The molecule has 0 aliphatic heterocycles. The second kappa shape index (κ2) is 7.48. The summed E-state index contributed by atoms with van der Waals surface area (Å²) in [6.07, 6.45) is 0. The van der Waals surface area contributed by atoms with E-state index in [0.717, 1.165) is 23.4 Å². The average molecular weight is 388 g/mol. The number of fused-ring (bicyclic) bond motifs is 1. The van der Waals surface area contributed by atoms with Gasteiger partial charge in [-0.25, -0.2) is 0 Å². The molecule has 3 rings (SSSR count). The fraction of sp³-hybridized carbons (Fsp3) is 0.300. The Morgan fingerprint density at radius 2 is 1.93 bits per heavy atom. The molecular formula is C20H22ClN3O3. The Labute approximate surface area is 162 Å². The molecule has 2 N–H and O–H groups in total. The first-order valence-electron chi connectivity index (χ1n) is 8.76. The molecule has 0 fully saturated rings. The number of carbonyl (C=O) groups is 1. The standard InChI is InChI=1S/C20H22ClN3O3/c1-5-22-18-9-14(21)8-16(13(18)4)19(25)23-10-17-11(2)6-15-7-12(3)27-24(15)20(17)26/h6-9,22H,5,10H2,1-4H3,(H,23,25). The molecule has 0 aliphatic rings. The van der Waals surface area contributed by atoms with Gasteiger partial charge in [-0.2, -0.15) is 0 Å². The highest BCUT2D eigenvalue weighted by molar-refractivity contribution is 6.31. The van der Waals surface area contributed by atoms with Gasteiger partial charge in [0.25, 0.3) is 11.5 Å². The van der Waals surface area contributed by atoms with Crippen molar-refractivity contribution in [2.24, 2.45) is 0 Å². The molecule has 0 saturated carbocycles. The Bertz CT molecular complexity index is 1080. The van der Waals surface area contributed by atoms with Crippen molar-refractivity contribution in [3.63, 3.8) is 0 Å². The van der Waals surface area contributed by atoms with E-state index in [-0.39, 0.29) is 18.0 Å². The molecule has 3 aromatic rings. The molecule has 0 spiro atoms. The number of nitrogens with one attached hydrogen (secondary N) is 2. The maximum Gasteiger partial charge on any atom is 0.289 e. The maximum absolute atomic E-state index is 12.7. The summed E-state index contributed by atoms with van der Waals surface area (Å²) in [6.45, 7) is 8.30. The molecule has 0 unspecified atom stereocenters. The molecule has 27 heavy (non-hydrogen) atoms. The van der Waals surface area contributed by atoms with E-state index in [1.165, 1.54) is 4.57 Å². The highest BCUT2D eigenvalue weighted by Crippen LogP contribution is 2.25. The van der Waals surface area contributed by atoms with E-state index >= 15 is 0 Å². The summed E-state index contributed by atoms with van der Waals surface area (Å²) in [7, 11) is 0. The molecule has 7 heteroatoms. The van der Waals surface area contributed by atoms with Gasteiger partial charge in [-0.05, 0) is 57.0 Å². The second-order valence-electron chi connectivity index (χ2n) is 6.52. The van der Waals surface area contributed by atoms with Crippen LogP contribution in [0.15, 0.2) is 33.6 Å². The van der Waals surface area contributed by atoms with Gasteiger partial charge < -0.3 is 15.2 Å². The van der Waals surface area contributed by atoms with Gasteiger partial charge in [0.2, 0.25) is 0 Å². The van der Waals surface area contributed by atoms with Crippen LogP contribution in [-0.4, -0.2) is 17.0 Å². The first-order chi connectivity index (χ1) is 12.8. The number of hydrogen-bond donors (Lipinski definition) is 2. The molecule has 0 saturated heterocycles. The number of amides is 1. The van der Waals surface area contributed by atoms with Crippen LogP contribution < -0.4 is 16.2 Å². The van der Waals surface area contributed by atoms with E-state index in [2.05, 4.69) is 10.6 Å². The van der Waals surface area contributed by atoms with Gasteiger partial charge in [0.1, 0.15) is 5.76 Å². The maximum atomic E-state index is 12.7. The van der Waals surface area contributed by atoms with E-state index in [4.69, 9.17) is 16.1 Å². The summed E-state index contributed by atoms with van der Waals surface area (Å²) in [5.41, 5.74) is 3.83. The zero-order valence-electron chi connectivity index (χ0n) is 15.8. The minimum Gasteiger partial charge on any atom is -0.385 e. The van der Waals surface area contributed by atoms with Gasteiger partial charge in [-0.15, -0.1) is 4.57 Å². The van der Waals surface area contributed by atoms with Crippen molar-refractivity contribution < 1.29 is 9.32 Å². The minimum atomic E-state index is -0.284. The normalized spacial score (nSPS) is 11.0. The lowest BCUT2D eigenvalue weighted by Crippen LogP contribution is -2.29. The number of aryl methyl sites for hydroxylation is 2. The predicted octanol–water partition coefficient (Wildman–Crippen LogP) is 3.83. The van der Waals surface area contributed by atoms with Gasteiger partial charge in [0, 0.05) is 41.0 Å². The zero-order chi connectivity index (χ0) is 19.7. The molecule has 142 valence electrons. The SMILES string of the molecule is CCNc1cc(Cl)cc(C(=O)NCc2c(C)cc3cc(C)on3c2=O)c1C. The van der Waals surface area contributed by atoms with Crippen LogP contribution in [0.1, 0.15) is 39.7 Å². The van der Waals surface area contributed by atoms with Crippen molar-refractivity contribution >= 4 is 28.7 Å². The Hall–Kier alpha value is -2.73. The van der Waals surface area contributed by atoms with Gasteiger partial charge in [0.15, 0.2) is 0 Å². The van der Waals surface area contributed by atoms with Gasteiger partial charge in [-0.3, -0.25) is 9.59 Å². The Balaban J connectivity index is 1.88. The lowest BCUT2D eigenvalue weighted by molar-refractivity contribution is 0.0950. The number of nitrogens with zero attached hydrogens (tertiary/aromatic N) is 1. The summed E-state index contributed by atoms with van der Waals surface area (Å²) in [5.74, 6) is 0.367. The molecule has 0 radical (unpaired) electrons. The fourth-order valence-electron chi connectivity index (χ4n) is 3.12. The first kappa shape index (κ1) is 19.0. The highest BCUT2D eigenvalue weighted by atomic mass is 35.5. The van der Waals surface area contributed by atoms with Crippen molar-refractivity contribution in [1.82, 2.24) is 9.89 Å². The third-order valence-corrected chi connectivity index (χ3v) is 4.73. The monoisotopic (exact) mass is 387 g/mol. The quantitative estimate of drug-likeness (QED) is 0.697. The third-order valence-electron chi connectivity index (χ3n) is 4.51. The zero-order valence-corrected chi connectivity index (χ0v) is 16.5. The second-order valence-corrected chi connectivity index (χ2v) is 6.95. The van der Waals surface area contributed by atoms with Gasteiger partial charge in [-0.1, -0.05) is 11.6 Å². The van der Waals surface area contributed by atoms with Crippen molar-refractivity contribution in [2.45, 2.75) is 34.2 Å². The van der Waals surface area contributed by atoms with Crippen LogP contribution in [-0.2, 0) is 6.54 Å². The average Bonchev–Trinajstić information content (AvgIpc) is 2.98. The number of aromatic nitrogens is 1. The lowest BCUT2D eigenvalue weighted by Gasteiger charge is -2.14. The Kier molecular flexibility index (Phi) is 5.28.